The molecule has 4 aromatic rings. The number of hydrogen-bond donors (Lipinski definition) is 0. The molecule has 0 bridgehead atoms. The van der Waals surface area contributed by atoms with Crippen molar-refractivity contribution in [3.63, 3.8) is 0 Å². The zero-order valence-electron chi connectivity index (χ0n) is 9.52. The van der Waals surface area contributed by atoms with E-state index in [1.54, 1.807) is 12.4 Å². The molecule has 4 rings (SSSR count). The molecule has 4 heterocycles. The van der Waals surface area contributed by atoms with Gasteiger partial charge in [-0.1, -0.05) is 8.98 Å². The molecule has 4 aromatic heterocycles. The van der Waals surface area contributed by atoms with Gasteiger partial charge in [0.1, 0.15) is 11.0 Å². The van der Waals surface area contributed by atoms with Crippen LogP contribution in [0.15, 0.2) is 24.8 Å². The first kappa shape index (κ1) is 10.8. The fourth-order valence-corrected chi connectivity index (χ4v) is 3.14. The van der Waals surface area contributed by atoms with Crippen LogP contribution in [0, 0.1) is 0 Å². The molecule has 0 N–H and O–H groups in total. The van der Waals surface area contributed by atoms with Crippen LogP contribution in [0.4, 0.5) is 0 Å². The number of aromatic nitrogens is 6. The summed E-state index contributed by atoms with van der Waals surface area (Å²) in [6.45, 7) is 0. The van der Waals surface area contributed by atoms with Crippen LogP contribution in [0.2, 0.25) is 0 Å². The molecule has 0 amide bonds. The van der Waals surface area contributed by atoms with Crippen molar-refractivity contribution in [1.29, 1.82) is 0 Å². The summed E-state index contributed by atoms with van der Waals surface area (Å²) in [7, 11) is 0. The molecule has 19 heavy (non-hydrogen) atoms. The highest BCUT2D eigenvalue weighted by molar-refractivity contribution is 7.13. The lowest BCUT2D eigenvalue weighted by Crippen LogP contribution is -1.93. The molecule has 6 nitrogen and oxygen atoms in total. The highest BCUT2D eigenvalue weighted by atomic mass is 32.1. The van der Waals surface area contributed by atoms with Crippen LogP contribution >= 0.6 is 23.1 Å². The second-order valence-electron chi connectivity index (χ2n) is 4.01. The van der Waals surface area contributed by atoms with E-state index in [1.165, 1.54) is 23.1 Å². The van der Waals surface area contributed by atoms with Gasteiger partial charge in [-0.25, -0.2) is 0 Å². The minimum Gasteiger partial charge on any atom is -0.263 e. The van der Waals surface area contributed by atoms with Gasteiger partial charge in [-0.15, -0.1) is 10.2 Å². The molecule has 0 aliphatic rings. The summed E-state index contributed by atoms with van der Waals surface area (Å²) < 4.78 is 9.92. The van der Waals surface area contributed by atoms with E-state index in [4.69, 9.17) is 0 Å². The van der Waals surface area contributed by atoms with E-state index in [0.717, 1.165) is 31.6 Å². The number of fused-ring (bicyclic) bond motifs is 2. The Labute approximate surface area is 115 Å². The van der Waals surface area contributed by atoms with Crippen LogP contribution in [-0.2, 0) is 6.42 Å². The quantitative estimate of drug-likeness (QED) is 0.561. The number of pyridine rings is 2. The van der Waals surface area contributed by atoms with Crippen molar-refractivity contribution in [3.8, 4) is 0 Å². The fraction of sp³-hybridized carbons (Fsp3) is 0.0909. The van der Waals surface area contributed by atoms with Crippen LogP contribution in [0.5, 0.6) is 0 Å². The Morgan fingerprint density at radius 3 is 1.79 bits per heavy atom. The van der Waals surface area contributed by atoms with Gasteiger partial charge in [0.15, 0.2) is 0 Å². The van der Waals surface area contributed by atoms with Crippen molar-refractivity contribution in [2.24, 2.45) is 0 Å². The van der Waals surface area contributed by atoms with Gasteiger partial charge in [0.25, 0.3) is 0 Å². The van der Waals surface area contributed by atoms with E-state index in [9.17, 15) is 0 Å². The number of nitrogens with zero attached hydrogens (tertiary/aromatic N) is 6. The summed E-state index contributed by atoms with van der Waals surface area (Å²) >= 11 is 2.70. The van der Waals surface area contributed by atoms with Crippen LogP contribution in [0.1, 0.15) is 11.1 Å². The molecule has 0 atom stereocenters. The predicted octanol–water partition coefficient (Wildman–Crippen LogP) is 2.08. The van der Waals surface area contributed by atoms with Crippen molar-refractivity contribution < 1.29 is 0 Å². The van der Waals surface area contributed by atoms with Crippen molar-refractivity contribution in [3.05, 3.63) is 35.9 Å². The van der Waals surface area contributed by atoms with Gasteiger partial charge >= 0.3 is 0 Å². The summed E-state index contributed by atoms with van der Waals surface area (Å²) in [5, 5.41) is 8.31. The predicted molar refractivity (Wildman–Crippen MR) is 73.2 cm³/mol. The average Bonchev–Trinajstić information content (AvgIpc) is 3.08. The van der Waals surface area contributed by atoms with Crippen LogP contribution in [0.3, 0.4) is 0 Å². The minimum absolute atomic E-state index is 0.686. The van der Waals surface area contributed by atoms with Crippen molar-refractivity contribution >= 4 is 43.5 Å². The Hall–Kier alpha value is -2.06. The topological polar surface area (TPSA) is 77.3 Å². The zero-order chi connectivity index (χ0) is 12.7. The summed E-state index contributed by atoms with van der Waals surface area (Å²) in [5.41, 5.74) is 3.88. The molecule has 0 aromatic carbocycles. The smallest absolute Gasteiger partial charge is 0.112 e. The Bertz CT molecular complexity index is 796. The van der Waals surface area contributed by atoms with Gasteiger partial charge < -0.3 is 0 Å². The number of hydrogen-bond acceptors (Lipinski definition) is 8. The largest absolute Gasteiger partial charge is 0.263 e. The standard InChI is InChI=1S/C11H6N6S2/c1(6-2-12-4-8-10(6)14-16-18-8)7-3-13-5-9-11(7)15-17-19-9/h2-5H,1H2. The van der Waals surface area contributed by atoms with Gasteiger partial charge in [-0.3, -0.25) is 9.97 Å². The third-order valence-electron chi connectivity index (χ3n) is 2.86. The maximum Gasteiger partial charge on any atom is 0.112 e. The van der Waals surface area contributed by atoms with Gasteiger partial charge in [-0.2, -0.15) is 0 Å². The van der Waals surface area contributed by atoms with E-state index < -0.39 is 0 Å². The van der Waals surface area contributed by atoms with Gasteiger partial charge in [-0.05, 0) is 23.1 Å². The van der Waals surface area contributed by atoms with Crippen molar-refractivity contribution in [2.75, 3.05) is 0 Å². The van der Waals surface area contributed by atoms with E-state index >= 15 is 0 Å². The van der Waals surface area contributed by atoms with Crippen LogP contribution in [0.25, 0.3) is 20.4 Å². The summed E-state index contributed by atoms with van der Waals surface area (Å²) in [4.78, 5) is 8.45. The second-order valence-corrected chi connectivity index (χ2v) is 5.58. The molecule has 0 aliphatic carbocycles. The summed E-state index contributed by atoms with van der Waals surface area (Å²) in [5.74, 6) is 0. The minimum atomic E-state index is 0.686. The lowest BCUT2D eigenvalue weighted by atomic mass is 10.1. The molecule has 92 valence electrons. The Morgan fingerprint density at radius 2 is 1.26 bits per heavy atom. The van der Waals surface area contributed by atoms with Crippen LogP contribution < -0.4 is 0 Å². The fourth-order valence-electron chi connectivity index (χ4n) is 1.99. The van der Waals surface area contributed by atoms with E-state index in [2.05, 4.69) is 29.1 Å². The highest BCUT2D eigenvalue weighted by Crippen LogP contribution is 2.24. The lowest BCUT2D eigenvalue weighted by molar-refractivity contribution is 1.10. The molecular weight excluding hydrogens is 280 g/mol. The number of rotatable bonds is 2. The molecule has 8 heteroatoms. The molecular formula is C11H6N6S2. The lowest BCUT2D eigenvalue weighted by Gasteiger charge is -2.01. The van der Waals surface area contributed by atoms with E-state index in [1.807, 2.05) is 12.4 Å². The zero-order valence-corrected chi connectivity index (χ0v) is 11.1. The maximum absolute atomic E-state index is 4.23. The molecule has 0 unspecified atom stereocenters. The third-order valence-corrected chi connectivity index (χ3v) is 4.18. The van der Waals surface area contributed by atoms with Gasteiger partial charge in [0, 0.05) is 42.3 Å². The molecule has 0 aliphatic heterocycles. The van der Waals surface area contributed by atoms with Crippen molar-refractivity contribution in [2.45, 2.75) is 6.42 Å². The average molecular weight is 286 g/mol. The second kappa shape index (κ2) is 4.25. The molecule has 0 saturated heterocycles. The van der Waals surface area contributed by atoms with Crippen LogP contribution in [-0.4, -0.2) is 29.1 Å². The Kier molecular flexibility index (Phi) is 2.42. The highest BCUT2D eigenvalue weighted by Gasteiger charge is 2.10. The maximum atomic E-state index is 4.23. The van der Waals surface area contributed by atoms with Gasteiger partial charge in [0.2, 0.25) is 0 Å². The summed E-state index contributed by atoms with van der Waals surface area (Å²) in [6.07, 6.45) is 7.90. The monoisotopic (exact) mass is 286 g/mol. The molecule has 0 spiro atoms. The normalized spacial score (nSPS) is 11.4. The Balaban J connectivity index is 1.86. The first-order valence-electron chi connectivity index (χ1n) is 5.52. The SMILES string of the molecule is c1ncc2snnc2c1Cc1cncc2snnc12. The summed E-state index contributed by atoms with van der Waals surface area (Å²) in [6, 6.07) is 0. The molecule has 0 fully saturated rings. The third kappa shape index (κ3) is 1.76. The van der Waals surface area contributed by atoms with E-state index in [-0.39, 0.29) is 0 Å². The molecule has 0 radical (unpaired) electrons. The first-order valence-corrected chi connectivity index (χ1v) is 7.06. The Morgan fingerprint density at radius 1 is 0.737 bits per heavy atom. The first-order chi connectivity index (χ1) is 9.42. The molecule has 0 saturated carbocycles. The van der Waals surface area contributed by atoms with Gasteiger partial charge in [0.05, 0.1) is 9.40 Å². The van der Waals surface area contributed by atoms with E-state index in [0.29, 0.717) is 6.42 Å². The van der Waals surface area contributed by atoms with Crippen molar-refractivity contribution in [1.82, 2.24) is 29.1 Å².